The van der Waals surface area contributed by atoms with Crippen molar-refractivity contribution >= 4 is 33.2 Å². The summed E-state index contributed by atoms with van der Waals surface area (Å²) in [5, 5.41) is 5.38. The van der Waals surface area contributed by atoms with Crippen LogP contribution in [0.1, 0.15) is 12.8 Å². The predicted molar refractivity (Wildman–Crippen MR) is 131 cm³/mol. The second kappa shape index (κ2) is 10.2. The van der Waals surface area contributed by atoms with Gasteiger partial charge in [-0.25, -0.2) is 9.97 Å². The first kappa shape index (κ1) is 21.8. The Morgan fingerprint density at radius 3 is 2.91 bits per heavy atom. The number of rotatable bonds is 8. The van der Waals surface area contributed by atoms with Crippen LogP contribution in [0.15, 0.2) is 59.6 Å². The summed E-state index contributed by atoms with van der Waals surface area (Å²) in [6.45, 7) is 5.32. The van der Waals surface area contributed by atoms with Crippen molar-refractivity contribution in [2.24, 2.45) is 0 Å². The molecule has 0 saturated carbocycles. The third kappa shape index (κ3) is 5.47. The third-order valence-electron chi connectivity index (χ3n) is 5.62. The number of allylic oxidation sites excluding steroid dienone is 3. The Balaban J connectivity index is 1.29. The van der Waals surface area contributed by atoms with Crippen LogP contribution in [0, 0.1) is 0 Å². The van der Waals surface area contributed by atoms with Gasteiger partial charge >= 0.3 is 0 Å². The van der Waals surface area contributed by atoms with E-state index < -0.39 is 0 Å². The molecule has 1 aliphatic heterocycles. The highest BCUT2D eigenvalue weighted by Crippen LogP contribution is 2.31. The number of ketones is 1. The van der Waals surface area contributed by atoms with Gasteiger partial charge in [0.05, 0.1) is 30.0 Å². The van der Waals surface area contributed by atoms with Crippen LogP contribution in [0.4, 0.5) is 5.82 Å². The number of anilines is 1. The van der Waals surface area contributed by atoms with Crippen molar-refractivity contribution in [2.45, 2.75) is 12.8 Å². The first-order valence-electron chi connectivity index (χ1n) is 11.2. The lowest BCUT2D eigenvalue weighted by atomic mass is 10.1. The predicted octanol–water partition coefficient (Wildman–Crippen LogP) is 4.28. The number of hydrogen-bond acceptors (Lipinski definition) is 8. The molecule has 8 heteroatoms. The van der Waals surface area contributed by atoms with E-state index in [4.69, 9.17) is 19.4 Å². The van der Waals surface area contributed by atoms with Gasteiger partial charge in [0.25, 0.3) is 0 Å². The van der Waals surface area contributed by atoms with Gasteiger partial charge in [-0.05, 0) is 42.2 Å². The lowest BCUT2D eigenvalue weighted by Gasteiger charge is -2.26. The smallest absolute Gasteiger partial charge is 0.162 e. The molecule has 3 heterocycles. The van der Waals surface area contributed by atoms with E-state index >= 15 is 0 Å². The van der Waals surface area contributed by atoms with Gasteiger partial charge in [-0.1, -0.05) is 18.2 Å². The van der Waals surface area contributed by atoms with Crippen LogP contribution in [0.25, 0.3) is 21.6 Å². The number of fused-ring (bicyclic) bond motifs is 1. The molecule has 2 aromatic heterocycles. The van der Waals surface area contributed by atoms with Crippen molar-refractivity contribution in [3.63, 3.8) is 0 Å². The molecule has 3 aromatic rings. The van der Waals surface area contributed by atoms with E-state index in [9.17, 15) is 4.79 Å². The first-order valence-corrected chi connectivity index (χ1v) is 12.1. The number of nitrogens with one attached hydrogen (secondary N) is 1. The second-order valence-electron chi connectivity index (χ2n) is 8.00. The minimum atomic E-state index is 0.104. The SMILES string of the molecule is O=C1C=CC(Nc2nc(-c3cccc(OCCCN4CCOCC4)c3)nc3ccsc23)=CC1. The summed E-state index contributed by atoms with van der Waals surface area (Å²) in [6.07, 6.45) is 6.64. The Bertz CT molecular complexity index is 1200. The Kier molecular flexibility index (Phi) is 6.76. The summed E-state index contributed by atoms with van der Waals surface area (Å²) in [5.74, 6) is 2.30. The van der Waals surface area contributed by atoms with Gasteiger partial charge in [-0.15, -0.1) is 11.3 Å². The van der Waals surface area contributed by atoms with Crippen LogP contribution in [0.3, 0.4) is 0 Å². The number of carbonyl (C=O) groups excluding carboxylic acids is 1. The van der Waals surface area contributed by atoms with Crippen molar-refractivity contribution in [2.75, 3.05) is 44.8 Å². The fraction of sp³-hybridized carbons (Fsp3) is 0.320. The highest BCUT2D eigenvalue weighted by Gasteiger charge is 2.14. The molecule has 0 unspecified atom stereocenters. The van der Waals surface area contributed by atoms with Gasteiger partial charge in [0.2, 0.25) is 0 Å². The van der Waals surface area contributed by atoms with E-state index in [1.165, 1.54) is 0 Å². The molecule has 170 valence electrons. The van der Waals surface area contributed by atoms with Crippen LogP contribution < -0.4 is 10.1 Å². The standard InChI is InChI=1S/C25H26N4O3S/c30-20-7-5-19(6-8-20)26-25-23-22(9-16-33-23)27-24(28-25)18-3-1-4-21(17-18)32-13-2-10-29-11-14-31-15-12-29/h1,3-7,9,16-17H,2,8,10-15H2,(H,26,27,28). The Morgan fingerprint density at radius 2 is 2.06 bits per heavy atom. The quantitative estimate of drug-likeness (QED) is 0.501. The topological polar surface area (TPSA) is 76.6 Å². The maximum Gasteiger partial charge on any atom is 0.162 e. The minimum absolute atomic E-state index is 0.104. The van der Waals surface area contributed by atoms with Gasteiger partial charge in [0, 0.05) is 37.3 Å². The number of carbonyl (C=O) groups is 1. The maximum atomic E-state index is 11.5. The van der Waals surface area contributed by atoms with Crippen molar-refractivity contribution in [1.82, 2.24) is 14.9 Å². The molecule has 1 aromatic carbocycles. The van der Waals surface area contributed by atoms with Crippen molar-refractivity contribution in [3.05, 3.63) is 59.6 Å². The molecule has 0 atom stereocenters. The number of morpholine rings is 1. The summed E-state index contributed by atoms with van der Waals surface area (Å²) in [6, 6.07) is 9.92. The molecule has 1 aliphatic carbocycles. The zero-order chi connectivity index (χ0) is 22.5. The molecule has 0 amide bonds. The molecular weight excluding hydrogens is 436 g/mol. The molecule has 2 aliphatic rings. The fourth-order valence-electron chi connectivity index (χ4n) is 3.86. The number of nitrogens with zero attached hydrogens (tertiary/aromatic N) is 3. The van der Waals surface area contributed by atoms with Gasteiger partial charge in [-0.2, -0.15) is 0 Å². The lowest BCUT2D eigenvalue weighted by Crippen LogP contribution is -2.37. The van der Waals surface area contributed by atoms with Crippen molar-refractivity contribution in [3.8, 4) is 17.1 Å². The maximum absolute atomic E-state index is 11.5. The highest BCUT2D eigenvalue weighted by molar-refractivity contribution is 7.17. The monoisotopic (exact) mass is 462 g/mol. The number of benzene rings is 1. The second-order valence-corrected chi connectivity index (χ2v) is 8.92. The molecule has 1 N–H and O–H groups in total. The van der Waals surface area contributed by atoms with E-state index in [1.807, 2.05) is 41.8 Å². The van der Waals surface area contributed by atoms with E-state index in [2.05, 4.69) is 10.2 Å². The fourth-order valence-corrected chi connectivity index (χ4v) is 4.64. The zero-order valence-corrected chi connectivity index (χ0v) is 19.1. The highest BCUT2D eigenvalue weighted by atomic mass is 32.1. The lowest BCUT2D eigenvalue weighted by molar-refractivity contribution is -0.113. The molecule has 7 nitrogen and oxygen atoms in total. The molecule has 1 saturated heterocycles. The van der Waals surface area contributed by atoms with E-state index in [0.717, 1.165) is 72.3 Å². The van der Waals surface area contributed by atoms with Gasteiger partial charge in [0.15, 0.2) is 17.4 Å². The van der Waals surface area contributed by atoms with Crippen LogP contribution in [-0.4, -0.2) is 60.1 Å². The van der Waals surface area contributed by atoms with E-state index in [-0.39, 0.29) is 5.78 Å². The third-order valence-corrected chi connectivity index (χ3v) is 6.53. The van der Waals surface area contributed by atoms with Crippen molar-refractivity contribution < 1.29 is 14.3 Å². The number of ether oxygens (including phenoxy) is 2. The summed E-state index contributed by atoms with van der Waals surface area (Å²) in [7, 11) is 0. The van der Waals surface area contributed by atoms with Gasteiger partial charge in [0.1, 0.15) is 5.75 Å². The van der Waals surface area contributed by atoms with E-state index in [1.54, 1.807) is 23.5 Å². The average Bonchev–Trinajstić information content (AvgIpc) is 3.33. The molecule has 0 radical (unpaired) electrons. The van der Waals surface area contributed by atoms with Crippen LogP contribution in [-0.2, 0) is 9.53 Å². The molecule has 0 bridgehead atoms. The van der Waals surface area contributed by atoms with Crippen LogP contribution >= 0.6 is 11.3 Å². The average molecular weight is 463 g/mol. The zero-order valence-electron chi connectivity index (χ0n) is 18.3. The molecule has 33 heavy (non-hydrogen) atoms. The normalized spacial score (nSPS) is 16.7. The van der Waals surface area contributed by atoms with Crippen LogP contribution in [0.5, 0.6) is 5.75 Å². The Labute approximate surface area is 196 Å². The summed E-state index contributed by atoms with van der Waals surface area (Å²) < 4.78 is 12.4. The molecular formula is C25H26N4O3S. The number of hydrogen-bond donors (Lipinski definition) is 1. The Hall–Kier alpha value is -3.07. The van der Waals surface area contributed by atoms with Gasteiger partial charge < -0.3 is 14.8 Å². The molecule has 0 spiro atoms. The number of aromatic nitrogens is 2. The van der Waals surface area contributed by atoms with E-state index in [0.29, 0.717) is 18.9 Å². The molecule has 1 fully saturated rings. The number of thiophene rings is 1. The van der Waals surface area contributed by atoms with Crippen LogP contribution in [0.2, 0.25) is 0 Å². The largest absolute Gasteiger partial charge is 0.494 e. The minimum Gasteiger partial charge on any atom is -0.494 e. The van der Waals surface area contributed by atoms with Crippen molar-refractivity contribution in [1.29, 1.82) is 0 Å². The summed E-state index contributed by atoms with van der Waals surface area (Å²) >= 11 is 1.59. The molecule has 5 rings (SSSR count). The summed E-state index contributed by atoms with van der Waals surface area (Å²) in [4.78, 5) is 23.5. The first-order chi connectivity index (χ1) is 16.2. The van der Waals surface area contributed by atoms with Gasteiger partial charge in [-0.3, -0.25) is 9.69 Å². The Morgan fingerprint density at radius 1 is 1.15 bits per heavy atom. The summed E-state index contributed by atoms with van der Waals surface area (Å²) in [5.41, 5.74) is 2.66.